The molecule has 4 rings (SSSR count). The molecule has 3 aliphatic rings. The number of rotatable bonds is 4. The Kier molecular flexibility index (Phi) is 4.76. The van der Waals surface area contributed by atoms with E-state index in [1.54, 1.807) is 7.05 Å². The van der Waals surface area contributed by atoms with Crippen LogP contribution in [0.1, 0.15) is 26.3 Å². The zero-order valence-electron chi connectivity index (χ0n) is 17.7. The molecule has 3 amide bonds. The maximum atomic E-state index is 13.3. The zero-order chi connectivity index (χ0) is 21.7. The van der Waals surface area contributed by atoms with Crippen LogP contribution in [0.3, 0.4) is 0 Å². The predicted molar refractivity (Wildman–Crippen MR) is 110 cm³/mol. The van der Waals surface area contributed by atoms with Crippen molar-refractivity contribution in [1.82, 2.24) is 14.7 Å². The molecule has 0 N–H and O–H groups in total. The molecule has 30 heavy (non-hydrogen) atoms. The summed E-state index contributed by atoms with van der Waals surface area (Å²) in [6.45, 7) is 5.60. The van der Waals surface area contributed by atoms with Gasteiger partial charge in [0.05, 0.1) is 12.8 Å². The van der Waals surface area contributed by atoms with E-state index < -0.39 is 36.7 Å². The third-order valence-electron chi connectivity index (χ3n) is 6.02. The Morgan fingerprint density at radius 3 is 2.53 bits per heavy atom. The molecule has 0 spiro atoms. The summed E-state index contributed by atoms with van der Waals surface area (Å²) in [4.78, 5) is 48.9. The summed E-state index contributed by atoms with van der Waals surface area (Å²) in [5.74, 6) is -0.482. The molecule has 0 aliphatic carbocycles. The minimum absolute atomic E-state index is 0.422. The molecule has 1 saturated heterocycles. The third kappa shape index (κ3) is 2.68. The van der Waals surface area contributed by atoms with Crippen molar-refractivity contribution in [2.24, 2.45) is 4.99 Å². The summed E-state index contributed by atoms with van der Waals surface area (Å²) in [7, 11) is 2.82. The Hall–Kier alpha value is -3.36. The van der Waals surface area contributed by atoms with Gasteiger partial charge in [-0.3, -0.25) is 24.3 Å². The lowest BCUT2D eigenvalue weighted by Gasteiger charge is -2.40. The number of allylic oxidation sites excluding steroid dienone is 2. The summed E-state index contributed by atoms with van der Waals surface area (Å²) < 4.78 is 4.66. The fourth-order valence-electron chi connectivity index (χ4n) is 4.27. The Labute approximate surface area is 175 Å². The van der Waals surface area contributed by atoms with Crippen molar-refractivity contribution in [3.63, 3.8) is 0 Å². The van der Waals surface area contributed by atoms with Crippen LogP contribution in [-0.4, -0.2) is 71.5 Å². The molecule has 2 unspecified atom stereocenters. The molecule has 3 heterocycles. The molecule has 0 aromatic heterocycles. The van der Waals surface area contributed by atoms with Gasteiger partial charge in [-0.1, -0.05) is 25.1 Å². The molecule has 158 valence electrons. The van der Waals surface area contributed by atoms with Gasteiger partial charge in [0.1, 0.15) is 6.54 Å². The normalized spacial score (nSPS) is 23.2. The standard InChI is InChI=1S/C21H25N5O4/c1-6-14-9-7-8-10-15(14)25-12(2)13(3)26-17-18(22-20(25)26)23(4)21(29)24(19(17)28)11-16(27)30-5/h7-10,17-18H,6,11H2,1-5H3. The van der Waals surface area contributed by atoms with Crippen molar-refractivity contribution in [3.05, 3.63) is 41.2 Å². The molecular formula is C21H25N5O4. The number of likely N-dealkylation sites (N-methyl/N-ethyl adjacent to an activating group) is 1. The Bertz CT molecular complexity index is 1000. The number of carbonyl (C=O) groups excluding carboxylic acids is 3. The van der Waals surface area contributed by atoms with E-state index in [1.165, 1.54) is 12.0 Å². The molecule has 0 radical (unpaired) electrons. The van der Waals surface area contributed by atoms with E-state index in [0.717, 1.165) is 34.0 Å². The summed E-state index contributed by atoms with van der Waals surface area (Å²) in [6.07, 6.45) is 0.192. The largest absolute Gasteiger partial charge is 0.468 e. The van der Waals surface area contributed by atoms with E-state index in [9.17, 15) is 14.4 Å². The number of aliphatic imine (C=N–C) groups is 1. The highest BCUT2D eigenvalue weighted by Gasteiger charge is 2.56. The number of para-hydroxylation sites is 1. The van der Waals surface area contributed by atoms with E-state index >= 15 is 0 Å². The molecule has 1 aromatic rings. The van der Waals surface area contributed by atoms with Crippen LogP contribution in [-0.2, 0) is 20.7 Å². The summed E-state index contributed by atoms with van der Waals surface area (Å²) in [5, 5.41) is 0. The number of amides is 3. The lowest BCUT2D eigenvalue weighted by molar-refractivity contribution is -0.148. The molecule has 0 saturated carbocycles. The number of benzene rings is 1. The molecule has 9 nitrogen and oxygen atoms in total. The number of hydrogen-bond donors (Lipinski definition) is 0. The van der Waals surface area contributed by atoms with Gasteiger partial charge in [-0.25, -0.2) is 9.79 Å². The lowest BCUT2D eigenvalue weighted by atomic mass is 10.1. The van der Waals surface area contributed by atoms with Crippen LogP contribution in [0.25, 0.3) is 0 Å². The second kappa shape index (κ2) is 7.16. The van der Waals surface area contributed by atoms with Crippen molar-refractivity contribution in [2.75, 3.05) is 25.6 Å². The highest BCUT2D eigenvalue weighted by Crippen LogP contribution is 2.40. The number of anilines is 1. The fourth-order valence-corrected chi connectivity index (χ4v) is 4.27. The Morgan fingerprint density at radius 1 is 1.17 bits per heavy atom. The van der Waals surface area contributed by atoms with E-state index in [0.29, 0.717) is 5.96 Å². The van der Waals surface area contributed by atoms with Gasteiger partial charge in [0.2, 0.25) is 5.96 Å². The van der Waals surface area contributed by atoms with E-state index in [2.05, 4.69) is 17.7 Å². The van der Waals surface area contributed by atoms with Crippen LogP contribution in [0.5, 0.6) is 0 Å². The van der Waals surface area contributed by atoms with Gasteiger partial charge in [0, 0.05) is 18.4 Å². The molecule has 1 aromatic carbocycles. The second-order valence-electron chi connectivity index (χ2n) is 7.54. The van der Waals surface area contributed by atoms with Gasteiger partial charge in [-0.15, -0.1) is 0 Å². The summed E-state index contributed by atoms with van der Waals surface area (Å²) in [5.41, 5.74) is 4.03. The van der Waals surface area contributed by atoms with Gasteiger partial charge < -0.3 is 9.64 Å². The number of ether oxygens (including phenoxy) is 1. The van der Waals surface area contributed by atoms with Crippen molar-refractivity contribution in [2.45, 2.75) is 39.4 Å². The number of guanidine groups is 1. The highest BCUT2D eigenvalue weighted by atomic mass is 16.5. The number of urea groups is 1. The number of imide groups is 1. The van der Waals surface area contributed by atoms with Gasteiger partial charge in [0.15, 0.2) is 12.2 Å². The average molecular weight is 411 g/mol. The monoisotopic (exact) mass is 411 g/mol. The molecule has 1 fully saturated rings. The van der Waals surface area contributed by atoms with Gasteiger partial charge >= 0.3 is 12.0 Å². The number of hydrogen-bond acceptors (Lipinski definition) is 7. The summed E-state index contributed by atoms with van der Waals surface area (Å²) >= 11 is 0. The van der Waals surface area contributed by atoms with Gasteiger partial charge in [-0.05, 0) is 31.9 Å². The smallest absolute Gasteiger partial charge is 0.328 e. The minimum Gasteiger partial charge on any atom is -0.468 e. The SMILES string of the molecule is CCc1ccccc1N1C2=NC3C(C(=O)N(CC(=O)OC)C(=O)N3C)N2C(C)=C1C. The first-order chi connectivity index (χ1) is 14.3. The van der Waals surface area contributed by atoms with Crippen LogP contribution >= 0.6 is 0 Å². The Morgan fingerprint density at radius 2 is 1.87 bits per heavy atom. The van der Waals surface area contributed by atoms with E-state index in [-0.39, 0.29) is 0 Å². The van der Waals surface area contributed by atoms with Crippen LogP contribution in [0.2, 0.25) is 0 Å². The molecule has 9 heteroatoms. The number of methoxy groups -OCH3 is 1. The minimum atomic E-state index is -0.721. The summed E-state index contributed by atoms with van der Waals surface area (Å²) in [6, 6.07) is 6.80. The molecule has 0 bridgehead atoms. The molecular weight excluding hydrogens is 386 g/mol. The Balaban J connectivity index is 1.77. The third-order valence-corrected chi connectivity index (χ3v) is 6.02. The topological polar surface area (TPSA) is 85.8 Å². The first-order valence-corrected chi connectivity index (χ1v) is 9.89. The van der Waals surface area contributed by atoms with Crippen LogP contribution in [0.4, 0.5) is 10.5 Å². The quantitative estimate of drug-likeness (QED) is 0.702. The number of esters is 1. The first-order valence-electron chi connectivity index (χ1n) is 9.89. The maximum absolute atomic E-state index is 13.3. The highest BCUT2D eigenvalue weighted by molar-refractivity contribution is 6.11. The lowest BCUT2D eigenvalue weighted by Crippen LogP contribution is -2.65. The first kappa shape index (κ1) is 19.9. The number of aryl methyl sites for hydroxylation is 1. The van der Waals surface area contributed by atoms with Crippen molar-refractivity contribution in [3.8, 4) is 0 Å². The maximum Gasteiger partial charge on any atom is 0.328 e. The number of fused-ring (bicyclic) bond motifs is 3. The van der Waals surface area contributed by atoms with Crippen LogP contribution in [0.15, 0.2) is 40.7 Å². The second-order valence-corrected chi connectivity index (χ2v) is 7.54. The predicted octanol–water partition coefficient (Wildman–Crippen LogP) is 1.75. The van der Waals surface area contributed by atoms with Crippen molar-refractivity contribution < 1.29 is 19.1 Å². The van der Waals surface area contributed by atoms with Crippen molar-refractivity contribution >= 4 is 29.6 Å². The number of carbonyl (C=O) groups is 3. The fraction of sp³-hybridized carbons (Fsp3) is 0.429. The van der Waals surface area contributed by atoms with Gasteiger partial charge in [-0.2, -0.15) is 0 Å². The number of nitrogens with zero attached hydrogens (tertiary/aromatic N) is 5. The average Bonchev–Trinajstić information content (AvgIpc) is 3.25. The zero-order valence-corrected chi connectivity index (χ0v) is 17.7. The van der Waals surface area contributed by atoms with Crippen LogP contribution < -0.4 is 4.90 Å². The molecule has 3 aliphatic heterocycles. The van der Waals surface area contributed by atoms with E-state index in [1.807, 2.05) is 41.8 Å². The van der Waals surface area contributed by atoms with Gasteiger partial charge in [0.25, 0.3) is 5.91 Å². The van der Waals surface area contributed by atoms with E-state index in [4.69, 9.17) is 4.99 Å². The van der Waals surface area contributed by atoms with Crippen molar-refractivity contribution in [1.29, 1.82) is 0 Å². The molecule has 2 atom stereocenters. The van der Waals surface area contributed by atoms with Crippen LogP contribution in [0, 0.1) is 0 Å².